The molecule has 0 atom stereocenters. The summed E-state index contributed by atoms with van der Waals surface area (Å²) in [4.78, 5) is 10.9. The first-order valence-corrected chi connectivity index (χ1v) is 3.77. The second-order valence-electron chi connectivity index (χ2n) is 2.83. The van der Waals surface area contributed by atoms with Crippen LogP contribution < -0.4 is 5.73 Å². The van der Waals surface area contributed by atoms with E-state index in [1.54, 1.807) is 6.92 Å². The number of allylic oxidation sites excluding steroid dienone is 1. The molecule has 0 aliphatic carbocycles. The van der Waals surface area contributed by atoms with Gasteiger partial charge in [0, 0.05) is 5.56 Å². The van der Waals surface area contributed by atoms with Crippen molar-refractivity contribution in [3.63, 3.8) is 0 Å². The van der Waals surface area contributed by atoms with Crippen molar-refractivity contribution in [1.82, 2.24) is 0 Å². The van der Waals surface area contributed by atoms with Crippen LogP contribution >= 0.6 is 0 Å². The Bertz CT molecular complexity index is 371. The van der Waals surface area contributed by atoms with Gasteiger partial charge in [-0.1, -0.05) is 12.2 Å². The predicted molar refractivity (Wildman–Crippen MR) is 49.6 cm³/mol. The van der Waals surface area contributed by atoms with Gasteiger partial charge in [0.15, 0.2) is 0 Å². The van der Waals surface area contributed by atoms with Crippen molar-refractivity contribution in [2.45, 2.75) is 6.92 Å². The zero-order valence-corrected chi connectivity index (χ0v) is 7.30. The van der Waals surface area contributed by atoms with Crippen molar-refractivity contribution in [1.29, 1.82) is 0 Å². The largest absolute Gasteiger partial charge is 0.366 e. The molecule has 0 fully saturated rings. The zero-order valence-electron chi connectivity index (χ0n) is 7.30. The van der Waals surface area contributed by atoms with Crippen LogP contribution in [-0.2, 0) is 0 Å². The molecule has 0 radical (unpaired) electrons. The van der Waals surface area contributed by atoms with Crippen LogP contribution in [0.5, 0.6) is 0 Å². The summed E-state index contributed by atoms with van der Waals surface area (Å²) in [6.45, 7) is 5.33. The van der Waals surface area contributed by atoms with Crippen LogP contribution in [0.1, 0.15) is 22.8 Å². The summed E-state index contributed by atoms with van der Waals surface area (Å²) in [6.07, 6.45) is 0. The molecule has 0 heterocycles. The fourth-order valence-electron chi connectivity index (χ4n) is 1.08. The highest BCUT2D eigenvalue weighted by atomic mass is 19.1. The van der Waals surface area contributed by atoms with Crippen LogP contribution in [0.2, 0.25) is 0 Å². The molecule has 0 saturated carbocycles. The number of benzene rings is 1. The molecule has 1 amide bonds. The van der Waals surface area contributed by atoms with Crippen LogP contribution in [0.25, 0.3) is 5.57 Å². The summed E-state index contributed by atoms with van der Waals surface area (Å²) in [5, 5.41) is 0. The quantitative estimate of drug-likeness (QED) is 0.740. The summed E-state index contributed by atoms with van der Waals surface area (Å²) in [5.74, 6) is -0.971. The topological polar surface area (TPSA) is 43.1 Å². The average Bonchev–Trinajstić information content (AvgIpc) is 2.03. The minimum absolute atomic E-state index is 0.300. The maximum Gasteiger partial charge on any atom is 0.249 e. The fourth-order valence-corrected chi connectivity index (χ4v) is 1.08. The molecule has 0 aliphatic heterocycles. The predicted octanol–water partition coefficient (Wildman–Crippen LogP) is 1.96. The second kappa shape index (κ2) is 3.39. The Morgan fingerprint density at radius 3 is 2.54 bits per heavy atom. The summed E-state index contributed by atoms with van der Waals surface area (Å²) in [5.41, 5.74) is 6.48. The van der Waals surface area contributed by atoms with Crippen molar-refractivity contribution >= 4 is 11.5 Å². The number of carbonyl (C=O) groups excluding carboxylic acids is 1. The lowest BCUT2D eigenvalue weighted by molar-refractivity contribution is 0.1000. The molecule has 1 aromatic carbocycles. The lowest BCUT2D eigenvalue weighted by atomic mass is 10.0. The number of hydrogen-bond acceptors (Lipinski definition) is 1. The van der Waals surface area contributed by atoms with Crippen LogP contribution in [0.4, 0.5) is 4.39 Å². The van der Waals surface area contributed by atoms with Gasteiger partial charge < -0.3 is 5.73 Å². The van der Waals surface area contributed by atoms with Crippen molar-refractivity contribution in [3.05, 3.63) is 41.7 Å². The van der Waals surface area contributed by atoms with Gasteiger partial charge in [-0.3, -0.25) is 4.79 Å². The molecular formula is C10H10FNO. The Labute approximate surface area is 75.9 Å². The third-order valence-electron chi connectivity index (χ3n) is 1.71. The highest BCUT2D eigenvalue weighted by Crippen LogP contribution is 2.18. The zero-order chi connectivity index (χ0) is 10.0. The van der Waals surface area contributed by atoms with E-state index >= 15 is 0 Å². The normalized spacial score (nSPS) is 9.69. The number of hydrogen-bond donors (Lipinski definition) is 1. The number of nitrogens with two attached hydrogens (primary N) is 1. The van der Waals surface area contributed by atoms with Crippen molar-refractivity contribution in [2.24, 2.45) is 5.73 Å². The molecule has 0 aromatic heterocycles. The standard InChI is InChI=1S/C10H10FNO/c1-6(2)9-5-7(11)3-4-8(9)10(12)13/h3-5H,1H2,2H3,(H2,12,13). The number of primary amides is 1. The maximum atomic E-state index is 12.8. The van der Waals surface area contributed by atoms with Crippen LogP contribution in [0.15, 0.2) is 24.8 Å². The molecule has 0 bridgehead atoms. The van der Waals surface area contributed by atoms with E-state index in [2.05, 4.69) is 6.58 Å². The molecule has 0 spiro atoms. The monoisotopic (exact) mass is 179 g/mol. The summed E-state index contributed by atoms with van der Waals surface area (Å²) in [7, 11) is 0. The number of halogens is 1. The first-order valence-electron chi connectivity index (χ1n) is 3.77. The van der Waals surface area contributed by atoms with Crippen LogP contribution in [0.3, 0.4) is 0 Å². The SMILES string of the molecule is C=C(C)c1cc(F)ccc1C(N)=O. The van der Waals surface area contributed by atoms with Crippen molar-refractivity contribution in [2.75, 3.05) is 0 Å². The molecule has 3 heteroatoms. The number of rotatable bonds is 2. The number of carbonyl (C=O) groups is 1. The van der Waals surface area contributed by atoms with Gasteiger partial charge in [-0.05, 0) is 30.7 Å². The first-order chi connectivity index (χ1) is 6.02. The van der Waals surface area contributed by atoms with Crippen molar-refractivity contribution < 1.29 is 9.18 Å². The van der Waals surface area contributed by atoms with Crippen LogP contribution in [0, 0.1) is 5.82 Å². The Balaban J connectivity index is 3.35. The Kier molecular flexibility index (Phi) is 2.46. The number of amides is 1. The summed E-state index contributed by atoms with van der Waals surface area (Å²) < 4.78 is 12.8. The van der Waals surface area contributed by atoms with E-state index in [1.165, 1.54) is 18.2 Å². The van der Waals surface area contributed by atoms with Gasteiger partial charge in [-0.15, -0.1) is 0 Å². The van der Waals surface area contributed by atoms with Gasteiger partial charge in [-0.2, -0.15) is 0 Å². The fraction of sp³-hybridized carbons (Fsp3) is 0.100. The highest BCUT2D eigenvalue weighted by Gasteiger charge is 2.08. The van der Waals surface area contributed by atoms with E-state index in [0.29, 0.717) is 16.7 Å². The molecule has 2 N–H and O–H groups in total. The van der Waals surface area contributed by atoms with Gasteiger partial charge in [-0.25, -0.2) is 4.39 Å². The lowest BCUT2D eigenvalue weighted by Crippen LogP contribution is -2.13. The Morgan fingerprint density at radius 1 is 1.46 bits per heavy atom. The second-order valence-corrected chi connectivity index (χ2v) is 2.83. The molecule has 68 valence electrons. The van der Waals surface area contributed by atoms with Crippen LogP contribution in [-0.4, -0.2) is 5.91 Å². The molecule has 0 saturated heterocycles. The van der Waals surface area contributed by atoms with E-state index < -0.39 is 11.7 Å². The van der Waals surface area contributed by atoms with Gasteiger partial charge in [0.05, 0.1) is 0 Å². The van der Waals surface area contributed by atoms with Gasteiger partial charge in [0.25, 0.3) is 0 Å². The Morgan fingerprint density at radius 2 is 2.08 bits per heavy atom. The maximum absolute atomic E-state index is 12.8. The Hall–Kier alpha value is -1.64. The minimum atomic E-state index is -0.571. The van der Waals surface area contributed by atoms with Gasteiger partial charge in [0.2, 0.25) is 5.91 Å². The molecule has 1 aromatic rings. The van der Waals surface area contributed by atoms with E-state index in [9.17, 15) is 9.18 Å². The van der Waals surface area contributed by atoms with E-state index in [1.807, 2.05) is 0 Å². The van der Waals surface area contributed by atoms with Gasteiger partial charge in [0.1, 0.15) is 5.82 Å². The van der Waals surface area contributed by atoms with E-state index in [-0.39, 0.29) is 0 Å². The third kappa shape index (κ3) is 1.93. The molecule has 0 aliphatic rings. The van der Waals surface area contributed by atoms with E-state index in [4.69, 9.17) is 5.73 Å². The lowest BCUT2D eigenvalue weighted by Gasteiger charge is -2.05. The molecule has 1 rings (SSSR count). The van der Waals surface area contributed by atoms with Crippen molar-refractivity contribution in [3.8, 4) is 0 Å². The minimum Gasteiger partial charge on any atom is -0.366 e. The molecule has 13 heavy (non-hydrogen) atoms. The molecular weight excluding hydrogens is 169 g/mol. The molecule has 0 unspecified atom stereocenters. The third-order valence-corrected chi connectivity index (χ3v) is 1.71. The highest BCUT2D eigenvalue weighted by molar-refractivity contribution is 5.97. The van der Waals surface area contributed by atoms with Gasteiger partial charge >= 0.3 is 0 Å². The summed E-state index contributed by atoms with van der Waals surface area (Å²) in [6, 6.07) is 3.82. The molecule has 2 nitrogen and oxygen atoms in total. The van der Waals surface area contributed by atoms with E-state index in [0.717, 1.165) is 0 Å². The summed E-state index contributed by atoms with van der Waals surface area (Å²) >= 11 is 0. The average molecular weight is 179 g/mol. The smallest absolute Gasteiger partial charge is 0.249 e. The first kappa shape index (κ1) is 9.45.